The van der Waals surface area contributed by atoms with E-state index in [0.29, 0.717) is 0 Å². The lowest BCUT2D eigenvalue weighted by Crippen LogP contribution is -1.94. The molecule has 1 aliphatic rings. The minimum atomic E-state index is -0.981. The molecule has 0 aromatic heterocycles. The third-order valence-electron chi connectivity index (χ3n) is 1.50. The minimum absolute atomic E-state index is 0.0463. The summed E-state index contributed by atoms with van der Waals surface area (Å²) in [6, 6.07) is 0. The van der Waals surface area contributed by atoms with Gasteiger partial charge >= 0.3 is 5.97 Å². The largest absolute Gasteiger partial charge is 0.478 e. The second-order valence-electron chi connectivity index (χ2n) is 2.48. The van der Waals surface area contributed by atoms with Crippen molar-refractivity contribution in [2.24, 2.45) is 0 Å². The van der Waals surface area contributed by atoms with Crippen LogP contribution in [0.2, 0.25) is 0 Å². The third-order valence-corrected chi connectivity index (χ3v) is 1.50. The highest BCUT2D eigenvalue weighted by Gasteiger charge is 2.09. The molecule has 1 saturated carbocycles. The summed E-state index contributed by atoms with van der Waals surface area (Å²) in [6.07, 6.45) is 5.44. The molecule has 11 heavy (non-hydrogen) atoms. The fourth-order valence-electron chi connectivity index (χ4n) is 0.904. The summed E-state index contributed by atoms with van der Waals surface area (Å²) in [4.78, 5) is 9.25. The van der Waals surface area contributed by atoms with E-state index in [1.807, 2.05) is 0 Å². The summed E-state index contributed by atoms with van der Waals surface area (Å²) in [7, 11) is 0. The number of carboxylic acids is 1. The quantitative estimate of drug-likeness (QED) is 0.563. The Morgan fingerprint density at radius 3 is 1.91 bits per heavy atom. The Kier molecular flexibility index (Phi) is 5.47. The van der Waals surface area contributed by atoms with E-state index in [0.717, 1.165) is 18.9 Å². The van der Waals surface area contributed by atoms with Crippen molar-refractivity contribution in [1.29, 1.82) is 0 Å². The van der Waals surface area contributed by atoms with E-state index in [1.165, 1.54) is 12.8 Å². The number of rotatable bonds is 1. The molecule has 1 rings (SSSR count). The summed E-state index contributed by atoms with van der Waals surface area (Å²) in [5.41, 5.74) is 0. The molecule has 64 valence electrons. The molecule has 0 atom stereocenters. The summed E-state index contributed by atoms with van der Waals surface area (Å²) >= 11 is 0. The Morgan fingerprint density at radius 1 is 1.45 bits per heavy atom. The Morgan fingerprint density at radius 2 is 1.82 bits per heavy atom. The highest BCUT2D eigenvalue weighted by atomic mass is 16.4. The second-order valence-corrected chi connectivity index (χ2v) is 2.48. The third kappa shape index (κ3) is 7.06. The molecule has 0 aromatic rings. The van der Waals surface area contributed by atoms with Crippen LogP contribution in [0.5, 0.6) is 0 Å². The molecule has 0 bridgehead atoms. The summed E-state index contributed by atoms with van der Waals surface area (Å²) in [5.74, 6) is -0.981. The normalized spacial score (nSPS) is 16.8. The lowest BCUT2D eigenvalue weighted by Gasteiger charge is -1.91. The predicted molar refractivity (Wildman–Crippen MR) is 42.3 cm³/mol. The number of aliphatic carboxylic acids is 1. The van der Waals surface area contributed by atoms with Gasteiger partial charge in [0.25, 0.3) is 0 Å². The lowest BCUT2D eigenvalue weighted by molar-refractivity contribution is -0.131. The average molecular weight is 158 g/mol. The van der Waals surface area contributed by atoms with Gasteiger partial charge in [-0.1, -0.05) is 19.4 Å². The van der Waals surface area contributed by atoms with Crippen LogP contribution in [0.25, 0.3) is 0 Å². The van der Waals surface area contributed by atoms with Crippen molar-refractivity contribution in [3.8, 4) is 0 Å². The van der Waals surface area contributed by atoms with Crippen LogP contribution < -0.4 is 0 Å². The van der Waals surface area contributed by atoms with Crippen LogP contribution in [-0.4, -0.2) is 22.3 Å². The standard InChI is InChI=1S/C5H10O.C3H4O2/c6-5-3-1-2-4-5;1-2-3(4)5/h5-6H,1-4H2;2H,1H2,(H,4,5). The summed E-state index contributed by atoms with van der Waals surface area (Å²) in [5, 5.41) is 16.3. The smallest absolute Gasteiger partial charge is 0.327 e. The highest BCUT2D eigenvalue weighted by Crippen LogP contribution is 2.16. The SMILES string of the molecule is C=CC(=O)O.OC1CCCC1. The van der Waals surface area contributed by atoms with E-state index in [-0.39, 0.29) is 6.10 Å². The number of aliphatic hydroxyl groups is 1. The van der Waals surface area contributed by atoms with Crippen molar-refractivity contribution in [3.63, 3.8) is 0 Å². The number of hydrogen-bond donors (Lipinski definition) is 2. The van der Waals surface area contributed by atoms with Crippen molar-refractivity contribution in [2.45, 2.75) is 31.8 Å². The minimum Gasteiger partial charge on any atom is -0.478 e. The van der Waals surface area contributed by atoms with Crippen LogP contribution in [0.15, 0.2) is 12.7 Å². The maximum Gasteiger partial charge on any atom is 0.327 e. The van der Waals surface area contributed by atoms with Crippen molar-refractivity contribution in [1.82, 2.24) is 0 Å². The molecular formula is C8H14O3. The fourth-order valence-corrected chi connectivity index (χ4v) is 0.904. The molecule has 0 aliphatic heterocycles. The Labute approximate surface area is 66.4 Å². The molecule has 0 amide bonds. The van der Waals surface area contributed by atoms with Gasteiger partial charge in [-0.05, 0) is 12.8 Å². The van der Waals surface area contributed by atoms with Crippen LogP contribution in [0.3, 0.4) is 0 Å². The van der Waals surface area contributed by atoms with Gasteiger partial charge in [-0.3, -0.25) is 0 Å². The van der Waals surface area contributed by atoms with Gasteiger partial charge in [0.15, 0.2) is 0 Å². The molecule has 0 aromatic carbocycles. The molecule has 0 heterocycles. The van der Waals surface area contributed by atoms with E-state index < -0.39 is 5.97 Å². The van der Waals surface area contributed by atoms with E-state index in [4.69, 9.17) is 10.2 Å². The summed E-state index contributed by atoms with van der Waals surface area (Å²) < 4.78 is 0. The first-order valence-corrected chi connectivity index (χ1v) is 3.70. The van der Waals surface area contributed by atoms with E-state index in [1.54, 1.807) is 0 Å². The zero-order chi connectivity index (χ0) is 8.69. The molecule has 1 aliphatic carbocycles. The molecule has 0 spiro atoms. The predicted octanol–water partition coefficient (Wildman–Crippen LogP) is 1.18. The van der Waals surface area contributed by atoms with Crippen molar-refractivity contribution < 1.29 is 15.0 Å². The van der Waals surface area contributed by atoms with Gasteiger partial charge in [0.1, 0.15) is 0 Å². The van der Waals surface area contributed by atoms with Crippen LogP contribution in [0.1, 0.15) is 25.7 Å². The van der Waals surface area contributed by atoms with Gasteiger partial charge < -0.3 is 10.2 Å². The Bertz CT molecular complexity index is 125. The first-order valence-electron chi connectivity index (χ1n) is 3.70. The topological polar surface area (TPSA) is 57.5 Å². The van der Waals surface area contributed by atoms with Gasteiger partial charge in [-0.25, -0.2) is 4.79 Å². The van der Waals surface area contributed by atoms with Crippen LogP contribution in [0, 0.1) is 0 Å². The Hall–Kier alpha value is -0.830. The van der Waals surface area contributed by atoms with Crippen molar-refractivity contribution in [2.75, 3.05) is 0 Å². The van der Waals surface area contributed by atoms with Gasteiger partial charge in [-0.2, -0.15) is 0 Å². The molecule has 3 heteroatoms. The van der Waals surface area contributed by atoms with Crippen LogP contribution in [-0.2, 0) is 4.79 Å². The first-order chi connectivity index (χ1) is 5.16. The number of carbonyl (C=O) groups is 1. The van der Waals surface area contributed by atoms with Gasteiger partial charge in [0, 0.05) is 6.08 Å². The first kappa shape index (κ1) is 10.2. The number of aliphatic hydroxyl groups excluding tert-OH is 1. The average Bonchev–Trinajstić information content (AvgIpc) is 2.41. The van der Waals surface area contributed by atoms with E-state index in [2.05, 4.69) is 6.58 Å². The zero-order valence-electron chi connectivity index (χ0n) is 6.49. The van der Waals surface area contributed by atoms with E-state index in [9.17, 15) is 4.79 Å². The van der Waals surface area contributed by atoms with Crippen LogP contribution in [0.4, 0.5) is 0 Å². The molecule has 0 radical (unpaired) electrons. The van der Waals surface area contributed by atoms with Crippen LogP contribution >= 0.6 is 0 Å². The van der Waals surface area contributed by atoms with Crippen molar-refractivity contribution in [3.05, 3.63) is 12.7 Å². The number of carboxylic acid groups (broad SMARTS) is 1. The van der Waals surface area contributed by atoms with Crippen molar-refractivity contribution >= 4 is 5.97 Å². The monoisotopic (exact) mass is 158 g/mol. The molecule has 0 saturated heterocycles. The highest BCUT2D eigenvalue weighted by molar-refractivity contribution is 5.78. The molecule has 2 N–H and O–H groups in total. The maximum absolute atomic E-state index is 9.25. The fraction of sp³-hybridized carbons (Fsp3) is 0.625. The molecule has 1 fully saturated rings. The zero-order valence-corrected chi connectivity index (χ0v) is 6.49. The molecule has 3 nitrogen and oxygen atoms in total. The lowest BCUT2D eigenvalue weighted by atomic mass is 10.3. The molecule has 0 unspecified atom stereocenters. The summed E-state index contributed by atoms with van der Waals surface area (Å²) in [6.45, 7) is 2.96. The molecular weight excluding hydrogens is 144 g/mol. The number of hydrogen-bond acceptors (Lipinski definition) is 2. The maximum atomic E-state index is 9.25. The van der Waals surface area contributed by atoms with Gasteiger partial charge in [0.05, 0.1) is 6.10 Å². The van der Waals surface area contributed by atoms with Gasteiger partial charge in [-0.15, -0.1) is 0 Å². The van der Waals surface area contributed by atoms with E-state index >= 15 is 0 Å². The van der Waals surface area contributed by atoms with Gasteiger partial charge in [0.2, 0.25) is 0 Å². The second kappa shape index (κ2) is 5.92. The Balaban J connectivity index is 0.000000187.